The number of hydrogen-bond donors (Lipinski definition) is 0. The van der Waals surface area contributed by atoms with E-state index in [4.69, 9.17) is 4.99 Å². The van der Waals surface area contributed by atoms with Crippen molar-refractivity contribution in [3.05, 3.63) is 77.7 Å². The number of aliphatic imine (C=N–C) groups is 1. The van der Waals surface area contributed by atoms with Crippen LogP contribution in [0.4, 0.5) is 5.69 Å². The fraction of sp³-hybridized carbons (Fsp3) is 0.167. The lowest BCUT2D eigenvalue weighted by molar-refractivity contribution is -0.167. The quantitative estimate of drug-likeness (QED) is 0.440. The summed E-state index contributed by atoms with van der Waals surface area (Å²) in [6.07, 6.45) is 1.71. The van der Waals surface area contributed by atoms with Gasteiger partial charge in [-0.2, -0.15) is 0 Å². The van der Waals surface area contributed by atoms with Gasteiger partial charge in [-0.15, -0.1) is 9.47 Å². The van der Waals surface area contributed by atoms with Gasteiger partial charge in [-0.25, -0.2) is 9.56 Å². The molecule has 4 rings (SSSR count). The molecule has 2 aromatic carbocycles. The Balaban J connectivity index is 0.00000182. The first-order chi connectivity index (χ1) is 11.7. The highest BCUT2D eigenvalue weighted by atomic mass is 35.5. The van der Waals surface area contributed by atoms with Gasteiger partial charge in [0.1, 0.15) is 0 Å². The Morgan fingerprint density at radius 3 is 2.44 bits per heavy atom. The molecule has 1 atom stereocenters. The molecule has 0 aliphatic carbocycles. The number of halogens is 1. The van der Waals surface area contributed by atoms with Gasteiger partial charge in [-0.3, -0.25) is 0 Å². The van der Waals surface area contributed by atoms with Gasteiger partial charge in [-0.05, 0) is 16.7 Å². The van der Waals surface area contributed by atoms with E-state index in [1.807, 2.05) is 55.1 Å². The Morgan fingerprint density at radius 2 is 1.72 bits per heavy atom. The first-order valence-corrected chi connectivity index (χ1v) is 7.75. The highest BCUT2D eigenvalue weighted by Gasteiger charge is 2.29. The van der Waals surface area contributed by atoms with Crippen LogP contribution >= 0.6 is 0 Å². The summed E-state index contributed by atoms with van der Waals surface area (Å²) in [7, 11) is 3.75. The van der Waals surface area contributed by atoms with Crippen LogP contribution in [0, 0.1) is 0 Å². The van der Waals surface area contributed by atoms with Gasteiger partial charge >= 0.3 is 5.62 Å². The lowest BCUT2D eigenvalue weighted by Crippen LogP contribution is -3.00. The lowest BCUT2D eigenvalue weighted by atomic mass is 10.00. The number of aryl methyl sites for hydroxylation is 2. The van der Waals surface area contributed by atoms with Crippen LogP contribution in [-0.4, -0.2) is 24.8 Å². The molecule has 1 aromatic heterocycles. The summed E-state index contributed by atoms with van der Waals surface area (Å²) in [5.74, 6) is 0. The molecule has 0 saturated carbocycles. The summed E-state index contributed by atoms with van der Waals surface area (Å²) in [5.41, 5.74) is 4.70. The summed E-state index contributed by atoms with van der Waals surface area (Å²) in [6.45, 7) is 0. The fourth-order valence-electron chi connectivity index (χ4n) is 2.84. The topological polar surface area (TPSA) is 61.6 Å². The van der Waals surface area contributed by atoms with Crippen LogP contribution in [0.1, 0.15) is 17.2 Å². The number of benzene rings is 2. The first kappa shape index (κ1) is 16.9. The van der Waals surface area contributed by atoms with E-state index in [2.05, 4.69) is 33.2 Å². The van der Waals surface area contributed by atoms with Crippen molar-refractivity contribution in [2.75, 3.05) is 0 Å². The van der Waals surface area contributed by atoms with Crippen LogP contribution in [0.2, 0.25) is 0 Å². The number of fused-ring (bicyclic) bond motifs is 1. The molecular weight excluding hydrogens is 336 g/mol. The largest absolute Gasteiger partial charge is 1.00 e. The van der Waals surface area contributed by atoms with Gasteiger partial charge in [-0.1, -0.05) is 53.6 Å². The molecule has 0 radical (unpaired) electrons. The first-order valence-electron chi connectivity index (χ1n) is 7.75. The summed E-state index contributed by atoms with van der Waals surface area (Å²) < 4.78 is 3.54. The summed E-state index contributed by atoms with van der Waals surface area (Å²) in [4.78, 5) is 9.21. The molecular formula is C18H17ClN6. The SMILES string of the molecule is Cn1cnn(C)c1=[N+]=NC1C(c2ccccc2)=Nc2ccccc21.[Cl-]. The molecule has 2 heterocycles. The highest BCUT2D eigenvalue weighted by molar-refractivity contribution is 6.09. The van der Waals surface area contributed by atoms with Crippen molar-refractivity contribution in [3.63, 3.8) is 0 Å². The van der Waals surface area contributed by atoms with Crippen molar-refractivity contribution in [1.82, 2.24) is 14.3 Å². The smallest absolute Gasteiger partial charge is 0.497 e. The second-order valence-corrected chi connectivity index (χ2v) is 5.71. The third-order valence-corrected chi connectivity index (χ3v) is 4.07. The molecule has 0 fully saturated rings. The number of rotatable bonds is 2. The zero-order valence-electron chi connectivity index (χ0n) is 13.9. The van der Waals surface area contributed by atoms with E-state index in [1.165, 1.54) is 0 Å². The Bertz CT molecular complexity index is 1000. The van der Waals surface area contributed by atoms with Crippen LogP contribution in [0.3, 0.4) is 0 Å². The molecule has 0 spiro atoms. The van der Waals surface area contributed by atoms with Gasteiger partial charge in [0, 0.05) is 5.56 Å². The van der Waals surface area contributed by atoms with Crippen molar-refractivity contribution >= 4 is 11.4 Å². The maximum Gasteiger partial charge on any atom is 0.497 e. The molecule has 0 N–H and O–H groups in total. The number of hydrogen-bond acceptors (Lipinski definition) is 3. The summed E-state index contributed by atoms with van der Waals surface area (Å²) in [6, 6.07) is 18.0. The van der Waals surface area contributed by atoms with Crippen molar-refractivity contribution in [3.8, 4) is 0 Å². The third-order valence-electron chi connectivity index (χ3n) is 4.07. The zero-order chi connectivity index (χ0) is 16.5. The van der Waals surface area contributed by atoms with Gasteiger partial charge in [0.25, 0.3) is 0 Å². The molecule has 126 valence electrons. The maximum absolute atomic E-state index is 4.78. The zero-order valence-corrected chi connectivity index (χ0v) is 14.7. The van der Waals surface area contributed by atoms with Gasteiger partial charge < -0.3 is 12.4 Å². The Kier molecular flexibility index (Phi) is 4.65. The van der Waals surface area contributed by atoms with Crippen LogP contribution in [0.15, 0.2) is 71.0 Å². The molecule has 1 aliphatic heterocycles. The number of aromatic nitrogens is 3. The van der Waals surface area contributed by atoms with Crippen molar-refractivity contribution in [2.24, 2.45) is 24.2 Å². The second-order valence-electron chi connectivity index (χ2n) is 5.71. The number of nitrogens with zero attached hydrogens (tertiary/aromatic N) is 6. The molecule has 3 aromatic rings. The van der Waals surface area contributed by atoms with Crippen LogP contribution in [0.5, 0.6) is 0 Å². The minimum Gasteiger partial charge on any atom is -1.00 e. The van der Waals surface area contributed by atoms with Crippen molar-refractivity contribution < 1.29 is 17.2 Å². The standard InChI is InChI=1S/C18H17N6.ClH/c1-23-12-19-24(2)18(23)22-21-17-14-10-6-7-11-15(14)20-16(17)13-8-4-3-5-9-13;/h3-12,17H,1-2H3;1H/q+1;/p-1. The molecule has 7 heteroatoms. The minimum atomic E-state index is -0.210. The number of para-hydroxylation sites is 1. The average molecular weight is 353 g/mol. The normalized spacial score (nSPS) is 15.0. The van der Waals surface area contributed by atoms with E-state index in [9.17, 15) is 0 Å². The molecule has 0 bridgehead atoms. The van der Waals surface area contributed by atoms with E-state index in [-0.39, 0.29) is 18.4 Å². The second kappa shape index (κ2) is 6.89. The van der Waals surface area contributed by atoms with Crippen LogP contribution in [0.25, 0.3) is 0 Å². The predicted octanol–water partition coefficient (Wildman–Crippen LogP) is -0.801. The average Bonchev–Trinajstić information content (AvgIpc) is 3.14. The predicted molar refractivity (Wildman–Crippen MR) is 89.8 cm³/mol. The maximum atomic E-state index is 4.78. The van der Waals surface area contributed by atoms with E-state index in [1.54, 1.807) is 11.0 Å². The Labute approximate surface area is 151 Å². The van der Waals surface area contributed by atoms with E-state index in [0.29, 0.717) is 5.62 Å². The lowest BCUT2D eigenvalue weighted by Gasteiger charge is -2.05. The van der Waals surface area contributed by atoms with Gasteiger partial charge in [0.2, 0.25) is 0 Å². The summed E-state index contributed by atoms with van der Waals surface area (Å²) >= 11 is 0. The third kappa shape index (κ3) is 3.05. The van der Waals surface area contributed by atoms with Crippen molar-refractivity contribution in [2.45, 2.75) is 6.04 Å². The monoisotopic (exact) mass is 352 g/mol. The Morgan fingerprint density at radius 1 is 1.00 bits per heavy atom. The molecule has 1 unspecified atom stereocenters. The van der Waals surface area contributed by atoms with Gasteiger partial charge in [0.15, 0.2) is 12.4 Å². The molecule has 25 heavy (non-hydrogen) atoms. The van der Waals surface area contributed by atoms with E-state index < -0.39 is 0 Å². The fourth-order valence-corrected chi connectivity index (χ4v) is 2.84. The Hall–Kier alpha value is -2.95. The molecule has 1 aliphatic rings. The molecule has 6 nitrogen and oxygen atoms in total. The van der Waals surface area contributed by atoms with Gasteiger partial charge in [0.05, 0.1) is 25.5 Å². The van der Waals surface area contributed by atoms with Crippen LogP contribution < -0.4 is 18.0 Å². The van der Waals surface area contributed by atoms with E-state index >= 15 is 0 Å². The molecule has 0 saturated heterocycles. The molecule has 0 amide bonds. The van der Waals surface area contributed by atoms with E-state index in [0.717, 1.165) is 22.5 Å². The van der Waals surface area contributed by atoms with Crippen molar-refractivity contribution in [1.29, 1.82) is 0 Å². The minimum absolute atomic E-state index is 0. The summed E-state index contributed by atoms with van der Waals surface area (Å²) in [5, 5.41) is 8.78. The van der Waals surface area contributed by atoms with Crippen LogP contribution in [-0.2, 0) is 14.1 Å². The highest BCUT2D eigenvalue weighted by Crippen LogP contribution is 2.37.